The van der Waals surface area contributed by atoms with Gasteiger partial charge in [-0.3, -0.25) is 0 Å². The second-order valence-corrected chi connectivity index (χ2v) is 19.6. The molecule has 54 heavy (non-hydrogen) atoms. The minimum absolute atomic E-state index is 0.659. The fraction of sp³-hybridized carbons (Fsp3) is 0.294. The molecular weight excluding hydrogens is 691 g/mol. The predicted octanol–water partition coefficient (Wildman–Crippen LogP) is 10.1. The molecule has 6 aromatic rings. The lowest BCUT2D eigenvalue weighted by Gasteiger charge is -2.31. The Morgan fingerprint density at radius 3 is 1.24 bits per heavy atom. The fourth-order valence-electron chi connectivity index (χ4n) is 8.79. The van der Waals surface area contributed by atoms with Crippen LogP contribution in [-0.2, 0) is 37.0 Å². The van der Waals surface area contributed by atoms with Gasteiger partial charge in [0.15, 0.2) is 0 Å². The van der Waals surface area contributed by atoms with Crippen LogP contribution in [0.5, 0.6) is 0 Å². The highest BCUT2D eigenvalue weighted by Gasteiger charge is 2.29. The molecule has 0 fully saturated rings. The maximum atomic E-state index is 6.22. The van der Waals surface area contributed by atoms with Gasteiger partial charge in [0.05, 0.1) is 6.61 Å². The molecule has 4 bridgehead atoms. The van der Waals surface area contributed by atoms with Gasteiger partial charge in [-0.15, -0.1) is 0 Å². The highest BCUT2D eigenvalue weighted by molar-refractivity contribution is 7.80. The molecule has 0 amide bonds. The summed E-state index contributed by atoms with van der Waals surface area (Å²) in [4.78, 5) is 0. The molecule has 3 heteroatoms. The average molecular weight is 747 g/mol. The maximum absolute atomic E-state index is 6.22. The predicted molar refractivity (Wildman–Crippen MR) is 238 cm³/mol. The van der Waals surface area contributed by atoms with Crippen LogP contribution in [0.2, 0.25) is 0 Å². The summed E-state index contributed by atoms with van der Waals surface area (Å²) in [5, 5.41) is 9.13. The molecule has 0 heterocycles. The van der Waals surface area contributed by atoms with E-state index in [-0.39, 0.29) is 0 Å². The van der Waals surface area contributed by atoms with Crippen LogP contribution in [-0.4, -0.2) is 6.61 Å². The fourth-order valence-corrected chi connectivity index (χ4v) is 15.1. The monoisotopic (exact) mass is 746 g/mol. The summed E-state index contributed by atoms with van der Waals surface area (Å²) >= 11 is 0. The van der Waals surface area contributed by atoms with Crippen LogP contribution in [0.15, 0.2) is 103 Å². The molecule has 276 valence electrons. The van der Waals surface area contributed by atoms with Crippen molar-refractivity contribution in [1.82, 2.24) is 0 Å². The van der Waals surface area contributed by atoms with Crippen LogP contribution in [0.4, 0.5) is 0 Å². The normalized spacial score (nSPS) is 12.8. The van der Waals surface area contributed by atoms with Gasteiger partial charge in [0.2, 0.25) is 0 Å². The molecule has 4 aliphatic rings. The first kappa shape index (κ1) is 38.4. The van der Waals surface area contributed by atoms with Gasteiger partial charge in [0.1, 0.15) is 0 Å². The number of rotatable bonds is 9. The Labute approximate surface area is 327 Å². The van der Waals surface area contributed by atoms with E-state index in [1.165, 1.54) is 104 Å². The summed E-state index contributed by atoms with van der Waals surface area (Å²) in [5.74, 6) is 0. The van der Waals surface area contributed by atoms with Crippen LogP contribution in [0.1, 0.15) is 79.2 Å². The SMILES string of the molecule is CCOCc1cc2c(P(c3c(C)cccc3C)c3c(C)cccc3C)cc1CCc1ccc(cc1P(c1c(C)cccc1C)c1c(C)cccc1C)CC2. The van der Waals surface area contributed by atoms with Crippen molar-refractivity contribution in [2.45, 2.75) is 94.6 Å². The Bertz CT molecular complexity index is 2150. The third-order valence-electron chi connectivity index (χ3n) is 11.5. The van der Waals surface area contributed by atoms with Crippen LogP contribution >= 0.6 is 15.8 Å². The van der Waals surface area contributed by atoms with Crippen LogP contribution in [0, 0.1) is 55.4 Å². The second kappa shape index (κ2) is 16.5. The quantitative estimate of drug-likeness (QED) is 0.134. The smallest absolute Gasteiger partial charge is 0.0719 e. The zero-order valence-electron chi connectivity index (χ0n) is 33.9. The summed E-state index contributed by atoms with van der Waals surface area (Å²) in [7, 11) is -1.56. The van der Waals surface area contributed by atoms with E-state index in [0.29, 0.717) is 6.61 Å². The van der Waals surface area contributed by atoms with Crippen molar-refractivity contribution in [3.8, 4) is 0 Å². The number of ether oxygens (including phenoxy) is 1. The Morgan fingerprint density at radius 1 is 0.426 bits per heavy atom. The Kier molecular flexibility index (Phi) is 11.7. The van der Waals surface area contributed by atoms with Gasteiger partial charge in [-0.2, -0.15) is 0 Å². The summed E-state index contributed by atoms with van der Waals surface area (Å²) in [6.07, 6.45) is 3.96. The molecule has 0 spiro atoms. The largest absolute Gasteiger partial charge is 0.377 e. The van der Waals surface area contributed by atoms with Crippen LogP contribution < -0.4 is 31.8 Å². The lowest BCUT2D eigenvalue weighted by atomic mass is 9.93. The standard InChI is InChI=1S/C51H56OP2/c1-10-52-32-45-30-44-26-24-41-23-25-42(46(29-41)53(48-33(2)15-11-16-34(48)3)49-35(4)17-12-18-36(49)5)27-28-43(45)31-47(44)54(50-37(6)19-13-20-38(50)7)51-39(8)21-14-22-40(51)9/h11-23,25,29-31H,10,24,26-28,32H2,1-9H3. The zero-order valence-corrected chi connectivity index (χ0v) is 35.6. The highest BCUT2D eigenvalue weighted by Crippen LogP contribution is 2.42. The van der Waals surface area contributed by atoms with Gasteiger partial charge in [0.25, 0.3) is 0 Å². The second-order valence-electron chi connectivity index (χ2n) is 15.5. The van der Waals surface area contributed by atoms with Crippen molar-refractivity contribution in [3.63, 3.8) is 0 Å². The molecule has 0 unspecified atom stereocenters. The minimum atomic E-state index is -0.794. The molecule has 0 N–H and O–H groups in total. The van der Waals surface area contributed by atoms with Gasteiger partial charge >= 0.3 is 0 Å². The molecule has 4 aliphatic carbocycles. The van der Waals surface area contributed by atoms with Crippen molar-refractivity contribution in [2.75, 3.05) is 6.61 Å². The van der Waals surface area contributed by atoms with E-state index in [0.717, 1.165) is 32.3 Å². The zero-order chi connectivity index (χ0) is 38.1. The molecule has 0 atom stereocenters. The molecule has 0 radical (unpaired) electrons. The molecular formula is C51H56OP2. The lowest BCUT2D eigenvalue weighted by Crippen LogP contribution is -2.31. The first-order valence-corrected chi connectivity index (χ1v) is 22.4. The summed E-state index contributed by atoms with van der Waals surface area (Å²) in [6, 6.07) is 40.2. The van der Waals surface area contributed by atoms with E-state index in [1.54, 1.807) is 0 Å². The molecule has 1 nitrogen and oxygen atoms in total. The Morgan fingerprint density at radius 2 is 0.815 bits per heavy atom. The van der Waals surface area contributed by atoms with E-state index >= 15 is 0 Å². The van der Waals surface area contributed by atoms with Gasteiger partial charge in [-0.05, 0) is 214 Å². The van der Waals surface area contributed by atoms with Gasteiger partial charge in [-0.1, -0.05) is 97.1 Å². The maximum Gasteiger partial charge on any atom is 0.0719 e. The van der Waals surface area contributed by atoms with Crippen molar-refractivity contribution >= 4 is 47.7 Å². The number of hydrogen-bond acceptors (Lipinski definition) is 1. The molecule has 6 aromatic carbocycles. The van der Waals surface area contributed by atoms with Crippen molar-refractivity contribution < 1.29 is 4.74 Å². The molecule has 0 aliphatic heterocycles. The van der Waals surface area contributed by atoms with Crippen molar-refractivity contribution in [3.05, 3.63) is 175 Å². The first-order valence-electron chi connectivity index (χ1n) is 19.8. The van der Waals surface area contributed by atoms with Gasteiger partial charge < -0.3 is 4.74 Å². The van der Waals surface area contributed by atoms with Gasteiger partial charge in [0, 0.05) is 6.61 Å². The molecule has 0 saturated heterocycles. The van der Waals surface area contributed by atoms with E-state index in [2.05, 4.69) is 165 Å². The summed E-state index contributed by atoms with van der Waals surface area (Å²) < 4.78 is 6.22. The average Bonchev–Trinajstić information content (AvgIpc) is 3.13. The van der Waals surface area contributed by atoms with Crippen LogP contribution in [0.3, 0.4) is 0 Å². The Balaban J connectivity index is 1.44. The summed E-state index contributed by atoms with van der Waals surface area (Å²) in [6.45, 7) is 22.1. The van der Waals surface area contributed by atoms with Crippen molar-refractivity contribution in [2.24, 2.45) is 0 Å². The third-order valence-corrected chi connectivity index (χ3v) is 17.9. The summed E-state index contributed by atoms with van der Waals surface area (Å²) in [5.41, 5.74) is 18.3. The highest BCUT2D eigenvalue weighted by atomic mass is 31.1. The Hall–Kier alpha value is -3.86. The van der Waals surface area contributed by atoms with Crippen molar-refractivity contribution in [1.29, 1.82) is 0 Å². The van der Waals surface area contributed by atoms with E-state index in [4.69, 9.17) is 4.74 Å². The lowest BCUT2D eigenvalue weighted by molar-refractivity contribution is 0.133. The molecule has 0 saturated carbocycles. The van der Waals surface area contributed by atoms with Gasteiger partial charge in [-0.25, -0.2) is 0 Å². The topological polar surface area (TPSA) is 9.23 Å². The number of hydrogen-bond donors (Lipinski definition) is 0. The first-order chi connectivity index (χ1) is 26.1. The minimum Gasteiger partial charge on any atom is -0.377 e. The van der Waals surface area contributed by atoms with E-state index < -0.39 is 15.8 Å². The van der Waals surface area contributed by atoms with Crippen LogP contribution in [0.25, 0.3) is 0 Å². The number of benzene rings is 6. The van der Waals surface area contributed by atoms with E-state index in [9.17, 15) is 0 Å². The molecule has 10 rings (SSSR count). The number of aryl methyl sites for hydroxylation is 12. The molecule has 0 aromatic heterocycles. The van der Waals surface area contributed by atoms with E-state index in [1.807, 2.05) is 0 Å². The third kappa shape index (κ3) is 7.54.